The summed E-state index contributed by atoms with van der Waals surface area (Å²) >= 11 is 0. The second-order valence-electron chi connectivity index (χ2n) is 8.00. The molecule has 1 heterocycles. The van der Waals surface area contributed by atoms with Crippen molar-refractivity contribution in [2.45, 2.75) is 31.7 Å². The van der Waals surface area contributed by atoms with Crippen LogP contribution in [0.5, 0.6) is 0 Å². The van der Waals surface area contributed by atoms with E-state index in [0.717, 1.165) is 30.0 Å². The monoisotopic (exact) mass is 375 g/mol. The number of aliphatic imine (C=N–C) groups is 1. The van der Waals surface area contributed by atoms with Crippen LogP contribution in [0.2, 0.25) is 0 Å². The van der Waals surface area contributed by atoms with Crippen LogP contribution in [0.25, 0.3) is 10.8 Å². The maximum Gasteiger partial charge on any atom is 0.331 e. The number of hydrogen-bond acceptors (Lipinski definition) is 4. The zero-order chi connectivity index (χ0) is 19.3. The number of nitrogens with zero attached hydrogens (tertiary/aromatic N) is 2. The minimum Gasteiger partial charge on any atom is -0.277 e. The molecule has 0 unspecified atom stereocenters. The van der Waals surface area contributed by atoms with Crippen molar-refractivity contribution >= 4 is 40.5 Å². The zero-order valence-corrected chi connectivity index (χ0v) is 15.4. The highest BCUT2D eigenvalue weighted by molar-refractivity contribution is 6.23. The third-order valence-electron chi connectivity index (χ3n) is 6.40. The maximum absolute atomic E-state index is 13.0. The van der Waals surface area contributed by atoms with Crippen molar-refractivity contribution in [1.29, 1.82) is 0 Å². The molecule has 0 radical (unpaired) electrons. The van der Waals surface area contributed by atoms with Crippen molar-refractivity contribution < 1.29 is 14.4 Å². The highest BCUT2D eigenvalue weighted by Crippen LogP contribution is 2.47. The van der Waals surface area contributed by atoms with Gasteiger partial charge >= 0.3 is 6.03 Å². The minimum atomic E-state index is -1.07. The summed E-state index contributed by atoms with van der Waals surface area (Å²) in [5.74, 6) is -1.16. The quantitative estimate of drug-likeness (QED) is 0.659. The molecule has 3 fully saturated rings. The maximum atomic E-state index is 13.0. The predicted octanol–water partition coefficient (Wildman–Crippen LogP) is 3.43. The smallest absolute Gasteiger partial charge is 0.277 e. The lowest BCUT2D eigenvalue weighted by Crippen LogP contribution is -2.62. The van der Waals surface area contributed by atoms with Crippen LogP contribution < -0.4 is 5.32 Å². The van der Waals surface area contributed by atoms with Crippen molar-refractivity contribution in [1.82, 2.24) is 10.2 Å². The molecule has 2 saturated carbocycles. The van der Waals surface area contributed by atoms with Gasteiger partial charge in [-0.05, 0) is 42.6 Å². The Balaban J connectivity index is 1.44. The van der Waals surface area contributed by atoms with Gasteiger partial charge in [-0.3, -0.25) is 24.8 Å². The highest BCUT2D eigenvalue weighted by atomic mass is 16.2. The molecular weight excluding hydrogens is 354 g/mol. The van der Waals surface area contributed by atoms with Gasteiger partial charge in [0.15, 0.2) is 5.92 Å². The highest BCUT2D eigenvalue weighted by Gasteiger charge is 2.50. The molecule has 2 aliphatic carbocycles. The van der Waals surface area contributed by atoms with E-state index in [9.17, 15) is 14.4 Å². The summed E-state index contributed by atoms with van der Waals surface area (Å²) in [5.41, 5.74) is 0.696. The van der Waals surface area contributed by atoms with E-state index in [1.54, 1.807) is 0 Å². The normalized spacial score (nSPS) is 29.9. The minimum absolute atomic E-state index is 0.0900. The van der Waals surface area contributed by atoms with E-state index in [4.69, 9.17) is 0 Å². The molecule has 4 atom stereocenters. The average Bonchev–Trinajstić information content (AvgIpc) is 3.31. The van der Waals surface area contributed by atoms with Crippen LogP contribution in [0.3, 0.4) is 0 Å². The Morgan fingerprint density at radius 3 is 2.61 bits per heavy atom. The fraction of sp³-hybridized carbons (Fsp3) is 0.364. The molecule has 5 rings (SSSR count). The number of hydrogen-bond donors (Lipinski definition) is 1. The fourth-order valence-electron chi connectivity index (χ4n) is 5.05. The molecule has 2 bridgehead atoms. The van der Waals surface area contributed by atoms with Crippen LogP contribution in [-0.4, -0.2) is 35.0 Å². The number of benzene rings is 2. The molecule has 1 N–H and O–H groups in total. The van der Waals surface area contributed by atoms with Gasteiger partial charge in [0.1, 0.15) is 0 Å². The third-order valence-corrected chi connectivity index (χ3v) is 6.40. The number of amides is 4. The van der Waals surface area contributed by atoms with E-state index >= 15 is 0 Å². The first-order valence-electron chi connectivity index (χ1n) is 9.81. The summed E-state index contributed by atoms with van der Waals surface area (Å²) in [6.07, 6.45) is 5.53. The lowest BCUT2D eigenvalue weighted by atomic mass is 9.92. The van der Waals surface area contributed by atoms with E-state index in [0.29, 0.717) is 17.5 Å². The summed E-state index contributed by atoms with van der Waals surface area (Å²) < 4.78 is 0. The number of rotatable bonds is 3. The van der Waals surface area contributed by atoms with E-state index in [1.807, 2.05) is 42.5 Å². The molecule has 3 aliphatic rings. The summed E-state index contributed by atoms with van der Waals surface area (Å²) in [7, 11) is 0. The van der Waals surface area contributed by atoms with Crippen LogP contribution in [0, 0.1) is 17.8 Å². The predicted molar refractivity (Wildman–Crippen MR) is 105 cm³/mol. The van der Waals surface area contributed by atoms with E-state index < -0.39 is 23.8 Å². The second-order valence-corrected chi connectivity index (χ2v) is 8.00. The number of nitrogens with one attached hydrogen (secondary N) is 1. The number of fused-ring (bicyclic) bond motifs is 3. The Hall–Kier alpha value is -3.02. The number of urea groups is 1. The van der Waals surface area contributed by atoms with Gasteiger partial charge in [0, 0.05) is 17.6 Å². The second kappa shape index (κ2) is 6.55. The van der Waals surface area contributed by atoms with Gasteiger partial charge in [0.05, 0.1) is 5.69 Å². The standard InChI is InChI=1S/C22H21N3O3/c26-20-17(12-23-18-7-3-5-14-4-1-2-6-16(14)18)21(27)25(22(28)24-20)19-11-13-8-9-15(19)10-13/h1-7,12-13,15,17,19H,8-11H2,(H,24,26,28)/t13-,15-,17+,19-/m0/s1. The number of imide groups is 2. The van der Waals surface area contributed by atoms with Crippen molar-refractivity contribution in [3.05, 3.63) is 42.5 Å². The van der Waals surface area contributed by atoms with E-state index in [1.165, 1.54) is 17.5 Å². The molecule has 2 aromatic carbocycles. The molecule has 2 aromatic rings. The molecule has 6 nitrogen and oxygen atoms in total. The third kappa shape index (κ3) is 2.71. The molecule has 6 heteroatoms. The molecular formula is C22H21N3O3. The fourth-order valence-corrected chi connectivity index (χ4v) is 5.05. The van der Waals surface area contributed by atoms with Crippen LogP contribution in [-0.2, 0) is 9.59 Å². The lowest BCUT2D eigenvalue weighted by Gasteiger charge is -2.36. The SMILES string of the molecule is O=C1NC(=O)N([C@H]2C[C@H]3CC[C@H]2C3)C(=O)[C@@H]1C=Nc1cccc2ccccc12. The molecule has 4 amide bonds. The molecule has 1 aliphatic heterocycles. The molecule has 0 spiro atoms. The van der Waals surface area contributed by atoms with Gasteiger partial charge in [0.2, 0.25) is 11.8 Å². The van der Waals surface area contributed by atoms with Crippen LogP contribution in [0.4, 0.5) is 10.5 Å². The zero-order valence-electron chi connectivity index (χ0n) is 15.4. The van der Waals surface area contributed by atoms with Crippen molar-refractivity contribution in [2.24, 2.45) is 22.7 Å². The van der Waals surface area contributed by atoms with E-state index in [2.05, 4.69) is 10.3 Å². The largest absolute Gasteiger partial charge is 0.331 e. The molecule has 28 heavy (non-hydrogen) atoms. The molecule has 1 saturated heterocycles. The number of carbonyl (C=O) groups is 3. The summed E-state index contributed by atoms with van der Waals surface area (Å²) in [6.45, 7) is 0. The van der Waals surface area contributed by atoms with Crippen molar-refractivity contribution in [3.8, 4) is 0 Å². The Morgan fingerprint density at radius 1 is 1.00 bits per heavy atom. The Labute approximate surface area is 162 Å². The Kier molecular flexibility index (Phi) is 4.00. The van der Waals surface area contributed by atoms with Gasteiger partial charge < -0.3 is 0 Å². The van der Waals surface area contributed by atoms with Crippen molar-refractivity contribution in [3.63, 3.8) is 0 Å². The van der Waals surface area contributed by atoms with Gasteiger partial charge in [0.25, 0.3) is 0 Å². The molecule has 0 aromatic heterocycles. The Morgan fingerprint density at radius 2 is 1.82 bits per heavy atom. The van der Waals surface area contributed by atoms with Gasteiger partial charge in [-0.15, -0.1) is 0 Å². The molecule has 142 valence electrons. The first-order valence-corrected chi connectivity index (χ1v) is 9.81. The summed E-state index contributed by atoms with van der Waals surface area (Å²) in [5, 5.41) is 4.34. The average molecular weight is 375 g/mol. The van der Waals surface area contributed by atoms with Gasteiger partial charge in [-0.25, -0.2) is 4.79 Å². The van der Waals surface area contributed by atoms with E-state index in [-0.39, 0.29) is 6.04 Å². The van der Waals surface area contributed by atoms with Gasteiger partial charge in [-0.1, -0.05) is 42.8 Å². The Bertz CT molecular complexity index is 1010. The van der Waals surface area contributed by atoms with Crippen LogP contribution >= 0.6 is 0 Å². The first-order chi connectivity index (χ1) is 13.6. The number of carbonyl (C=O) groups excluding carboxylic acids is 3. The van der Waals surface area contributed by atoms with Crippen molar-refractivity contribution in [2.75, 3.05) is 0 Å². The topological polar surface area (TPSA) is 78.8 Å². The van der Waals surface area contributed by atoms with Crippen LogP contribution in [0.15, 0.2) is 47.5 Å². The lowest BCUT2D eigenvalue weighted by molar-refractivity contribution is -0.141. The van der Waals surface area contributed by atoms with Crippen LogP contribution in [0.1, 0.15) is 25.7 Å². The number of barbiturate groups is 1. The summed E-state index contributed by atoms with van der Waals surface area (Å²) in [6, 6.07) is 12.9. The van der Waals surface area contributed by atoms with Gasteiger partial charge in [-0.2, -0.15) is 0 Å². The summed E-state index contributed by atoms with van der Waals surface area (Å²) in [4.78, 5) is 43.5. The first kappa shape index (κ1) is 17.1.